The molecule has 0 atom stereocenters. The Balaban J connectivity index is 2.58. The summed E-state index contributed by atoms with van der Waals surface area (Å²) in [6.07, 6.45) is 0. The zero-order chi connectivity index (χ0) is 16.0. The SMILES string of the molecule is COc1ccc(C(=O)NCCN(C(C)C)C(C)C)c(O)c1. The maximum absolute atomic E-state index is 12.1. The highest BCUT2D eigenvalue weighted by atomic mass is 16.5. The minimum atomic E-state index is -0.275. The fourth-order valence-corrected chi connectivity index (χ4v) is 2.34. The number of ether oxygens (including phenoxy) is 1. The smallest absolute Gasteiger partial charge is 0.255 e. The third-order valence-electron chi connectivity index (χ3n) is 3.43. The number of nitrogens with zero attached hydrogens (tertiary/aromatic N) is 1. The fourth-order valence-electron chi connectivity index (χ4n) is 2.34. The number of phenolic OH excluding ortho intramolecular Hbond substituents is 1. The van der Waals surface area contributed by atoms with Crippen LogP contribution in [-0.4, -0.2) is 48.2 Å². The van der Waals surface area contributed by atoms with Crippen molar-refractivity contribution in [3.05, 3.63) is 23.8 Å². The third kappa shape index (κ3) is 4.93. The van der Waals surface area contributed by atoms with Crippen LogP contribution in [0.25, 0.3) is 0 Å². The minimum Gasteiger partial charge on any atom is -0.507 e. The molecule has 0 bridgehead atoms. The second-order valence-corrected chi connectivity index (χ2v) is 5.56. The van der Waals surface area contributed by atoms with E-state index in [-0.39, 0.29) is 17.2 Å². The molecule has 0 unspecified atom stereocenters. The molecule has 1 rings (SSSR count). The van der Waals surface area contributed by atoms with Gasteiger partial charge in [-0.1, -0.05) is 0 Å². The van der Waals surface area contributed by atoms with Crippen molar-refractivity contribution in [2.75, 3.05) is 20.2 Å². The maximum atomic E-state index is 12.1. The van der Waals surface area contributed by atoms with Crippen LogP contribution in [-0.2, 0) is 0 Å². The van der Waals surface area contributed by atoms with Crippen molar-refractivity contribution < 1.29 is 14.6 Å². The molecular weight excluding hydrogens is 268 g/mol. The van der Waals surface area contributed by atoms with Gasteiger partial charge in [0.25, 0.3) is 5.91 Å². The second kappa shape index (κ2) is 7.88. The van der Waals surface area contributed by atoms with Gasteiger partial charge in [-0.3, -0.25) is 9.69 Å². The number of hydrogen-bond donors (Lipinski definition) is 2. The van der Waals surface area contributed by atoms with Crippen LogP contribution < -0.4 is 10.1 Å². The summed E-state index contributed by atoms with van der Waals surface area (Å²) in [5.41, 5.74) is 0.261. The number of hydrogen-bond acceptors (Lipinski definition) is 4. The number of amides is 1. The van der Waals surface area contributed by atoms with E-state index in [9.17, 15) is 9.90 Å². The Morgan fingerprint density at radius 1 is 1.29 bits per heavy atom. The highest BCUT2D eigenvalue weighted by Crippen LogP contribution is 2.23. The Bertz CT molecular complexity index is 465. The first-order chi connectivity index (χ1) is 9.86. The van der Waals surface area contributed by atoms with Crippen LogP contribution in [0, 0.1) is 0 Å². The zero-order valence-corrected chi connectivity index (χ0v) is 13.5. The van der Waals surface area contributed by atoms with Crippen molar-refractivity contribution >= 4 is 5.91 Å². The Labute approximate surface area is 126 Å². The number of benzene rings is 1. The minimum absolute atomic E-state index is 0.0728. The van der Waals surface area contributed by atoms with Crippen LogP contribution in [0.1, 0.15) is 38.1 Å². The summed E-state index contributed by atoms with van der Waals surface area (Å²) in [4.78, 5) is 14.4. The van der Waals surface area contributed by atoms with Crippen molar-refractivity contribution in [1.82, 2.24) is 10.2 Å². The van der Waals surface area contributed by atoms with E-state index < -0.39 is 0 Å². The molecule has 0 aliphatic rings. The Kier molecular flexibility index (Phi) is 6.49. The van der Waals surface area contributed by atoms with Crippen LogP contribution in [0.3, 0.4) is 0 Å². The molecule has 0 aliphatic carbocycles. The van der Waals surface area contributed by atoms with E-state index in [1.165, 1.54) is 13.2 Å². The topological polar surface area (TPSA) is 61.8 Å². The Morgan fingerprint density at radius 2 is 1.90 bits per heavy atom. The summed E-state index contributed by atoms with van der Waals surface area (Å²) in [7, 11) is 1.51. The van der Waals surface area contributed by atoms with Crippen molar-refractivity contribution in [3.8, 4) is 11.5 Å². The van der Waals surface area contributed by atoms with Gasteiger partial charge in [0.1, 0.15) is 11.5 Å². The lowest BCUT2D eigenvalue weighted by atomic mass is 10.1. The average molecular weight is 294 g/mol. The van der Waals surface area contributed by atoms with Gasteiger partial charge in [-0.2, -0.15) is 0 Å². The van der Waals surface area contributed by atoms with Gasteiger partial charge in [-0.05, 0) is 39.8 Å². The molecule has 0 aromatic heterocycles. The number of rotatable bonds is 7. The molecule has 0 saturated heterocycles. The van der Waals surface area contributed by atoms with Gasteiger partial charge in [0, 0.05) is 31.2 Å². The van der Waals surface area contributed by atoms with Crippen LogP contribution in [0.15, 0.2) is 18.2 Å². The number of carbonyl (C=O) groups is 1. The fraction of sp³-hybridized carbons (Fsp3) is 0.562. The van der Waals surface area contributed by atoms with Gasteiger partial charge >= 0.3 is 0 Å². The lowest BCUT2D eigenvalue weighted by molar-refractivity contribution is 0.0936. The van der Waals surface area contributed by atoms with Gasteiger partial charge in [-0.15, -0.1) is 0 Å². The van der Waals surface area contributed by atoms with Crippen LogP contribution >= 0.6 is 0 Å². The normalized spacial score (nSPS) is 11.2. The molecular formula is C16H26N2O3. The van der Waals surface area contributed by atoms with Crippen LogP contribution in [0.4, 0.5) is 0 Å². The monoisotopic (exact) mass is 294 g/mol. The summed E-state index contributed by atoms with van der Waals surface area (Å²) in [6, 6.07) is 5.51. The van der Waals surface area contributed by atoms with Gasteiger partial charge in [0.05, 0.1) is 12.7 Å². The Hall–Kier alpha value is -1.75. The lowest BCUT2D eigenvalue weighted by Gasteiger charge is -2.30. The third-order valence-corrected chi connectivity index (χ3v) is 3.43. The zero-order valence-electron chi connectivity index (χ0n) is 13.5. The number of nitrogens with one attached hydrogen (secondary N) is 1. The molecule has 21 heavy (non-hydrogen) atoms. The highest BCUT2D eigenvalue weighted by Gasteiger charge is 2.15. The number of aromatic hydroxyl groups is 1. The van der Waals surface area contributed by atoms with E-state index in [1.807, 2.05) is 0 Å². The molecule has 5 heteroatoms. The molecule has 2 N–H and O–H groups in total. The molecule has 0 saturated carbocycles. The maximum Gasteiger partial charge on any atom is 0.255 e. The predicted octanol–water partition coefficient (Wildman–Crippen LogP) is 2.25. The van der Waals surface area contributed by atoms with Gasteiger partial charge in [0.15, 0.2) is 0 Å². The number of methoxy groups -OCH3 is 1. The van der Waals surface area contributed by atoms with Gasteiger partial charge in [-0.25, -0.2) is 0 Å². The van der Waals surface area contributed by atoms with Crippen molar-refractivity contribution in [2.24, 2.45) is 0 Å². The molecule has 0 spiro atoms. The van der Waals surface area contributed by atoms with E-state index >= 15 is 0 Å². The lowest BCUT2D eigenvalue weighted by Crippen LogP contribution is -2.42. The summed E-state index contributed by atoms with van der Waals surface area (Å²) in [6.45, 7) is 9.86. The second-order valence-electron chi connectivity index (χ2n) is 5.56. The molecule has 5 nitrogen and oxygen atoms in total. The van der Waals surface area contributed by atoms with E-state index in [0.29, 0.717) is 24.4 Å². The molecule has 1 amide bonds. The Morgan fingerprint density at radius 3 is 2.38 bits per heavy atom. The molecule has 1 aromatic carbocycles. The number of carbonyl (C=O) groups excluding carboxylic acids is 1. The highest BCUT2D eigenvalue weighted by molar-refractivity contribution is 5.96. The summed E-state index contributed by atoms with van der Waals surface area (Å²) < 4.78 is 5.00. The molecule has 118 valence electrons. The molecule has 1 aromatic rings. The molecule has 0 radical (unpaired) electrons. The molecule has 0 fully saturated rings. The first-order valence-electron chi connectivity index (χ1n) is 7.27. The van der Waals surface area contributed by atoms with Crippen LogP contribution in [0.2, 0.25) is 0 Å². The first kappa shape index (κ1) is 17.3. The van der Waals surface area contributed by atoms with E-state index in [1.54, 1.807) is 12.1 Å². The van der Waals surface area contributed by atoms with Gasteiger partial charge < -0.3 is 15.2 Å². The van der Waals surface area contributed by atoms with Crippen molar-refractivity contribution in [3.63, 3.8) is 0 Å². The van der Waals surface area contributed by atoms with Gasteiger partial charge in [0.2, 0.25) is 0 Å². The molecule has 0 aliphatic heterocycles. The van der Waals surface area contributed by atoms with E-state index in [2.05, 4.69) is 37.9 Å². The standard InChI is InChI=1S/C16H26N2O3/c1-11(2)18(12(3)4)9-8-17-16(20)14-7-6-13(21-5)10-15(14)19/h6-7,10-12,19H,8-9H2,1-5H3,(H,17,20). The summed E-state index contributed by atoms with van der Waals surface area (Å²) >= 11 is 0. The largest absolute Gasteiger partial charge is 0.507 e. The summed E-state index contributed by atoms with van der Waals surface area (Å²) in [5.74, 6) is 0.175. The first-order valence-corrected chi connectivity index (χ1v) is 7.27. The predicted molar refractivity (Wildman–Crippen MR) is 84.0 cm³/mol. The molecule has 0 heterocycles. The van der Waals surface area contributed by atoms with E-state index in [4.69, 9.17) is 4.74 Å². The number of phenols is 1. The van der Waals surface area contributed by atoms with Crippen molar-refractivity contribution in [1.29, 1.82) is 0 Å². The average Bonchev–Trinajstić information content (AvgIpc) is 2.42. The quantitative estimate of drug-likeness (QED) is 0.809. The van der Waals surface area contributed by atoms with E-state index in [0.717, 1.165) is 6.54 Å². The summed E-state index contributed by atoms with van der Waals surface area (Å²) in [5, 5.41) is 12.7. The van der Waals surface area contributed by atoms with Crippen molar-refractivity contribution in [2.45, 2.75) is 39.8 Å². The van der Waals surface area contributed by atoms with Crippen LogP contribution in [0.5, 0.6) is 11.5 Å².